The molecule has 0 unspecified atom stereocenters. The number of halogens is 1. The molecule has 1 amide bonds. The lowest BCUT2D eigenvalue weighted by Gasteiger charge is -2.12. The van der Waals surface area contributed by atoms with E-state index in [1.54, 1.807) is 31.4 Å². The predicted octanol–water partition coefficient (Wildman–Crippen LogP) is 3.60. The van der Waals surface area contributed by atoms with E-state index in [4.69, 9.17) is 10.5 Å². The van der Waals surface area contributed by atoms with E-state index in [0.29, 0.717) is 22.7 Å². The van der Waals surface area contributed by atoms with E-state index in [-0.39, 0.29) is 5.91 Å². The molecule has 0 fully saturated rings. The van der Waals surface area contributed by atoms with Crippen molar-refractivity contribution in [3.63, 3.8) is 0 Å². The number of rotatable bonds is 3. The molecule has 4 nitrogen and oxygen atoms in total. The summed E-state index contributed by atoms with van der Waals surface area (Å²) in [6.07, 6.45) is 0. The maximum Gasteiger partial charge on any atom is 0.256 e. The smallest absolute Gasteiger partial charge is 0.256 e. The molecule has 0 aliphatic carbocycles. The standard InChI is InChI=1S/C15H15BrN2O2/c1-9-11(4-3-5-12(9)16)15(19)18-13-8-10(17)6-7-14(13)20-2/h3-8H,17H2,1-2H3,(H,18,19). The van der Waals surface area contributed by atoms with Crippen molar-refractivity contribution in [1.29, 1.82) is 0 Å². The Bertz CT molecular complexity index is 656. The van der Waals surface area contributed by atoms with Gasteiger partial charge < -0.3 is 15.8 Å². The minimum Gasteiger partial charge on any atom is -0.495 e. The van der Waals surface area contributed by atoms with Crippen molar-refractivity contribution < 1.29 is 9.53 Å². The highest BCUT2D eigenvalue weighted by molar-refractivity contribution is 9.10. The normalized spacial score (nSPS) is 10.2. The molecule has 0 radical (unpaired) electrons. The summed E-state index contributed by atoms with van der Waals surface area (Å²) < 4.78 is 6.10. The lowest BCUT2D eigenvalue weighted by molar-refractivity contribution is 0.102. The van der Waals surface area contributed by atoms with Crippen LogP contribution in [-0.2, 0) is 0 Å². The van der Waals surface area contributed by atoms with Gasteiger partial charge in [-0.05, 0) is 42.8 Å². The Hall–Kier alpha value is -2.01. The summed E-state index contributed by atoms with van der Waals surface area (Å²) in [7, 11) is 1.55. The van der Waals surface area contributed by atoms with Crippen molar-refractivity contribution in [1.82, 2.24) is 0 Å². The van der Waals surface area contributed by atoms with Crippen LogP contribution in [0.5, 0.6) is 5.75 Å². The van der Waals surface area contributed by atoms with Gasteiger partial charge in [-0.25, -0.2) is 0 Å². The van der Waals surface area contributed by atoms with Crippen LogP contribution in [0.25, 0.3) is 0 Å². The second kappa shape index (κ2) is 5.96. The number of ether oxygens (including phenoxy) is 1. The van der Waals surface area contributed by atoms with Gasteiger partial charge in [0.1, 0.15) is 5.75 Å². The van der Waals surface area contributed by atoms with Crippen LogP contribution in [-0.4, -0.2) is 13.0 Å². The number of benzene rings is 2. The Morgan fingerprint density at radius 2 is 2.05 bits per heavy atom. The Kier molecular flexibility index (Phi) is 4.29. The van der Waals surface area contributed by atoms with Gasteiger partial charge in [0.2, 0.25) is 0 Å². The van der Waals surface area contributed by atoms with E-state index in [9.17, 15) is 4.79 Å². The maximum atomic E-state index is 12.3. The fraction of sp³-hybridized carbons (Fsp3) is 0.133. The number of nitrogen functional groups attached to an aromatic ring is 1. The Labute approximate surface area is 126 Å². The Morgan fingerprint density at radius 3 is 2.75 bits per heavy atom. The third kappa shape index (κ3) is 2.93. The topological polar surface area (TPSA) is 64.3 Å². The van der Waals surface area contributed by atoms with Gasteiger partial charge >= 0.3 is 0 Å². The second-order valence-corrected chi connectivity index (χ2v) is 5.18. The predicted molar refractivity (Wildman–Crippen MR) is 84.2 cm³/mol. The van der Waals surface area contributed by atoms with E-state index < -0.39 is 0 Å². The number of nitrogens with one attached hydrogen (secondary N) is 1. The van der Waals surface area contributed by atoms with Crippen molar-refractivity contribution in [2.24, 2.45) is 0 Å². The average molecular weight is 335 g/mol. The molecule has 20 heavy (non-hydrogen) atoms. The van der Waals surface area contributed by atoms with Crippen molar-refractivity contribution >= 4 is 33.2 Å². The average Bonchev–Trinajstić information content (AvgIpc) is 2.42. The van der Waals surface area contributed by atoms with Crippen molar-refractivity contribution in [3.05, 3.63) is 52.0 Å². The van der Waals surface area contributed by atoms with Crippen LogP contribution in [0.3, 0.4) is 0 Å². The first-order valence-corrected chi connectivity index (χ1v) is 6.82. The van der Waals surface area contributed by atoms with Gasteiger partial charge in [0.15, 0.2) is 0 Å². The SMILES string of the molecule is COc1ccc(N)cc1NC(=O)c1cccc(Br)c1C. The number of anilines is 2. The monoisotopic (exact) mass is 334 g/mol. The fourth-order valence-electron chi connectivity index (χ4n) is 1.87. The van der Waals surface area contributed by atoms with Gasteiger partial charge in [-0.15, -0.1) is 0 Å². The van der Waals surface area contributed by atoms with Crippen molar-refractivity contribution in [2.75, 3.05) is 18.2 Å². The summed E-state index contributed by atoms with van der Waals surface area (Å²) in [5.74, 6) is 0.368. The van der Waals surface area contributed by atoms with Crippen LogP contribution < -0.4 is 15.8 Å². The first-order chi connectivity index (χ1) is 9.52. The van der Waals surface area contributed by atoms with Crippen LogP contribution in [0, 0.1) is 6.92 Å². The van der Waals surface area contributed by atoms with Crippen LogP contribution in [0.2, 0.25) is 0 Å². The summed E-state index contributed by atoms with van der Waals surface area (Å²) in [5.41, 5.74) is 8.33. The van der Waals surface area contributed by atoms with Gasteiger partial charge in [-0.3, -0.25) is 4.79 Å². The number of carbonyl (C=O) groups excluding carboxylic acids is 1. The fourth-order valence-corrected chi connectivity index (χ4v) is 2.23. The lowest BCUT2D eigenvalue weighted by Crippen LogP contribution is -2.14. The van der Waals surface area contributed by atoms with E-state index in [1.807, 2.05) is 19.1 Å². The van der Waals surface area contributed by atoms with Crippen LogP contribution in [0.1, 0.15) is 15.9 Å². The summed E-state index contributed by atoms with van der Waals surface area (Å²) in [6, 6.07) is 10.6. The zero-order valence-electron chi connectivity index (χ0n) is 11.2. The van der Waals surface area contributed by atoms with Crippen molar-refractivity contribution in [2.45, 2.75) is 6.92 Å². The molecular formula is C15H15BrN2O2. The number of hydrogen-bond donors (Lipinski definition) is 2. The van der Waals surface area contributed by atoms with Gasteiger partial charge in [-0.2, -0.15) is 0 Å². The first kappa shape index (κ1) is 14.4. The lowest BCUT2D eigenvalue weighted by atomic mass is 10.1. The van der Waals surface area contributed by atoms with Gasteiger partial charge in [0.05, 0.1) is 12.8 Å². The van der Waals surface area contributed by atoms with Gasteiger partial charge in [0, 0.05) is 15.7 Å². The largest absolute Gasteiger partial charge is 0.495 e. The second-order valence-electron chi connectivity index (χ2n) is 4.33. The number of methoxy groups -OCH3 is 1. The number of hydrogen-bond acceptors (Lipinski definition) is 3. The number of carbonyl (C=O) groups is 1. The molecule has 2 aromatic carbocycles. The molecule has 104 valence electrons. The summed E-state index contributed by atoms with van der Waals surface area (Å²) >= 11 is 3.41. The minimum atomic E-state index is -0.201. The summed E-state index contributed by atoms with van der Waals surface area (Å²) in [4.78, 5) is 12.3. The molecule has 0 aromatic heterocycles. The molecule has 0 aliphatic rings. The van der Waals surface area contributed by atoms with Crippen LogP contribution in [0.15, 0.2) is 40.9 Å². The molecule has 2 rings (SSSR count). The molecule has 0 atom stereocenters. The highest BCUT2D eigenvalue weighted by atomic mass is 79.9. The minimum absolute atomic E-state index is 0.201. The molecule has 0 spiro atoms. The zero-order valence-corrected chi connectivity index (χ0v) is 12.8. The quantitative estimate of drug-likeness (QED) is 0.843. The van der Waals surface area contributed by atoms with E-state index in [2.05, 4.69) is 21.2 Å². The molecule has 3 N–H and O–H groups in total. The van der Waals surface area contributed by atoms with Crippen molar-refractivity contribution in [3.8, 4) is 5.75 Å². The molecule has 0 aliphatic heterocycles. The molecule has 0 bridgehead atoms. The molecule has 0 heterocycles. The molecule has 5 heteroatoms. The Morgan fingerprint density at radius 1 is 1.30 bits per heavy atom. The summed E-state index contributed by atoms with van der Waals surface area (Å²) in [5, 5.41) is 2.82. The van der Waals surface area contributed by atoms with Crippen LogP contribution in [0.4, 0.5) is 11.4 Å². The molecule has 2 aromatic rings. The Balaban J connectivity index is 2.32. The first-order valence-electron chi connectivity index (χ1n) is 6.03. The van der Waals surface area contributed by atoms with E-state index in [1.165, 1.54) is 0 Å². The molecule has 0 saturated carbocycles. The highest BCUT2D eigenvalue weighted by Crippen LogP contribution is 2.28. The molecule has 0 saturated heterocycles. The summed E-state index contributed by atoms with van der Waals surface area (Å²) in [6.45, 7) is 1.88. The van der Waals surface area contributed by atoms with E-state index >= 15 is 0 Å². The van der Waals surface area contributed by atoms with Gasteiger partial charge in [0.25, 0.3) is 5.91 Å². The van der Waals surface area contributed by atoms with Crippen LogP contribution >= 0.6 is 15.9 Å². The highest BCUT2D eigenvalue weighted by Gasteiger charge is 2.13. The van der Waals surface area contributed by atoms with E-state index in [0.717, 1.165) is 10.0 Å². The third-order valence-electron chi connectivity index (χ3n) is 2.98. The zero-order chi connectivity index (χ0) is 14.7. The number of amides is 1. The third-order valence-corrected chi connectivity index (χ3v) is 3.84. The van der Waals surface area contributed by atoms with Gasteiger partial charge in [-0.1, -0.05) is 22.0 Å². The molecular weight excluding hydrogens is 320 g/mol. The maximum absolute atomic E-state index is 12.3. The number of nitrogens with two attached hydrogens (primary N) is 1.